The first-order valence-electron chi connectivity index (χ1n) is 5.61. The minimum absolute atomic E-state index is 0.0824. The Labute approximate surface area is 118 Å². The molecule has 0 bridgehead atoms. The molecule has 0 radical (unpaired) electrons. The van der Waals surface area contributed by atoms with Gasteiger partial charge in [-0.2, -0.15) is 0 Å². The number of carbonyl (C=O) groups is 2. The van der Waals surface area contributed by atoms with Crippen LogP contribution in [0.15, 0.2) is 22.8 Å². The molecule has 1 atom stereocenters. The molecule has 1 aromatic heterocycles. The van der Waals surface area contributed by atoms with E-state index in [9.17, 15) is 9.59 Å². The maximum atomic E-state index is 11.9. The lowest BCUT2D eigenvalue weighted by atomic mass is 10.1. The molecule has 1 amide bonds. The molecule has 0 aromatic carbocycles. The molecule has 1 aliphatic rings. The molecule has 2 heterocycles. The van der Waals surface area contributed by atoms with Crippen LogP contribution >= 0.6 is 27.7 Å². The SMILES string of the molecule is CC(=O)SCC1CC(=O)N(c2ccc(Br)cn2)C1. The second-order valence-corrected chi connectivity index (χ2v) is 6.32. The van der Waals surface area contributed by atoms with Crippen molar-refractivity contribution in [3.05, 3.63) is 22.8 Å². The average Bonchev–Trinajstić information content (AvgIpc) is 2.69. The summed E-state index contributed by atoms with van der Waals surface area (Å²) in [6.45, 7) is 2.20. The fourth-order valence-corrected chi connectivity index (χ4v) is 2.81. The van der Waals surface area contributed by atoms with Crippen LogP contribution in [-0.2, 0) is 9.59 Å². The lowest BCUT2D eigenvalue weighted by Gasteiger charge is -2.15. The first kappa shape index (κ1) is 13.5. The van der Waals surface area contributed by atoms with Gasteiger partial charge in [0, 0.05) is 36.3 Å². The zero-order valence-corrected chi connectivity index (χ0v) is 12.3. The first-order chi connectivity index (χ1) is 8.56. The Kier molecular flexibility index (Phi) is 4.40. The summed E-state index contributed by atoms with van der Waals surface area (Å²) in [6.07, 6.45) is 2.18. The van der Waals surface area contributed by atoms with Crippen LogP contribution in [0, 0.1) is 5.92 Å². The van der Waals surface area contributed by atoms with Gasteiger partial charge in [-0.15, -0.1) is 0 Å². The summed E-state index contributed by atoms with van der Waals surface area (Å²) in [5.41, 5.74) is 0. The largest absolute Gasteiger partial charge is 0.297 e. The zero-order chi connectivity index (χ0) is 13.1. The normalized spacial score (nSPS) is 19.3. The van der Waals surface area contributed by atoms with Crippen LogP contribution in [0.1, 0.15) is 13.3 Å². The second-order valence-electron chi connectivity index (χ2n) is 4.21. The monoisotopic (exact) mass is 328 g/mol. The number of hydrogen-bond acceptors (Lipinski definition) is 4. The predicted octanol–water partition coefficient (Wildman–Crippen LogP) is 2.48. The van der Waals surface area contributed by atoms with E-state index in [1.54, 1.807) is 18.0 Å². The van der Waals surface area contributed by atoms with Gasteiger partial charge in [0.1, 0.15) is 5.82 Å². The molecule has 1 aliphatic heterocycles. The molecule has 1 aromatic rings. The van der Waals surface area contributed by atoms with Gasteiger partial charge in [0.2, 0.25) is 5.91 Å². The molecule has 18 heavy (non-hydrogen) atoms. The van der Waals surface area contributed by atoms with E-state index in [1.165, 1.54) is 11.8 Å². The van der Waals surface area contributed by atoms with Crippen molar-refractivity contribution in [3.63, 3.8) is 0 Å². The summed E-state index contributed by atoms with van der Waals surface area (Å²) in [4.78, 5) is 28.7. The van der Waals surface area contributed by atoms with E-state index < -0.39 is 0 Å². The van der Waals surface area contributed by atoms with Crippen LogP contribution in [0.3, 0.4) is 0 Å². The standard InChI is InChI=1S/C12H13BrN2O2S/c1-8(16)18-7-9-4-12(17)15(6-9)11-3-2-10(13)5-14-11/h2-3,5,9H,4,6-7H2,1H3. The fourth-order valence-electron chi connectivity index (χ4n) is 1.88. The topological polar surface area (TPSA) is 50.3 Å². The summed E-state index contributed by atoms with van der Waals surface area (Å²) < 4.78 is 0.890. The molecule has 0 saturated carbocycles. The molecule has 4 nitrogen and oxygen atoms in total. The van der Waals surface area contributed by atoms with Gasteiger partial charge in [-0.3, -0.25) is 14.5 Å². The summed E-state index contributed by atoms with van der Waals surface area (Å²) >= 11 is 4.60. The van der Waals surface area contributed by atoms with E-state index >= 15 is 0 Å². The molecule has 6 heteroatoms. The Morgan fingerprint density at radius 1 is 1.61 bits per heavy atom. The number of thioether (sulfide) groups is 1. The van der Waals surface area contributed by atoms with Crippen LogP contribution in [0.25, 0.3) is 0 Å². The zero-order valence-electron chi connectivity index (χ0n) is 9.93. The Hall–Kier alpha value is -0.880. The molecule has 0 N–H and O–H groups in total. The average molecular weight is 329 g/mol. The molecule has 96 valence electrons. The highest BCUT2D eigenvalue weighted by Gasteiger charge is 2.31. The van der Waals surface area contributed by atoms with Crippen molar-refractivity contribution < 1.29 is 9.59 Å². The third kappa shape index (κ3) is 3.32. The van der Waals surface area contributed by atoms with Gasteiger partial charge in [-0.05, 0) is 34.0 Å². The molecule has 0 spiro atoms. The third-order valence-electron chi connectivity index (χ3n) is 2.72. The second kappa shape index (κ2) is 5.84. The Balaban J connectivity index is 2.00. The van der Waals surface area contributed by atoms with Gasteiger partial charge in [-0.1, -0.05) is 11.8 Å². The number of pyridine rings is 1. The Bertz CT molecular complexity index is 464. The van der Waals surface area contributed by atoms with Crippen LogP contribution in [0.4, 0.5) is 5.82 Å². The number of anilines is 1. The highest BCUT2D eigenvalue weighted by Crippen LogP contribution is 2.26. The molecule has 1 unspecified atom stereocenters. The van der Waals surface area contributed by atoms with E-state index in [2.05, 4.69) is 20.9 Å². The van der Waals surface area contributed by atoms with Gasteiger partial charge in [-0.25, -0.2) is 4.98 Å². The number of halogens is 1. The molecular formula is C12H13BrN2O2S. The maximum absolute atomic E-state index is 11.9. The molecule has 1 saturated heterocycles. The van der Waals surface area contributed by atoms with Gasteiger partial charge < -0.3 is 0 Å². The number of hydrogen-bond donors (Lipinski definition) is 0. The van der Waals surface area contributed by atoms with Crippen molar-refractivity contribution in [1.82, 2.24) is 4.98 Å². The van der Waals surface area contributed by atoms with Crippen LogP contribution in [0.2, 0.25) is 0 Å². The Morgan fingerprint density at radius 2 is 2.39 bits per heavy atom. The maximum Gasteiger partial charge on any atom is 0.228 e. The predicted molar refractivity (Wildman–Crippen MR) is 75.5 cm³/mol. The quantitative estimate of drug-likeness (QED) is 0.855. The van der Waals surface area contributed by atoms with Crippen molar-refractivity contribution in [2.75, 3.05) is 17.2 Å². The van der Waals surface area contributed by atoms with Gasteiger partial charge in [0.15, 0.2) is 5.12 Å². The minimum Gasteiger partial charge on any atom is -0.297 e. The van der Waals surface area contributed by atoms with Crippen LogP contribution in [-0.4, -0.2) is 28.3 Å². The number of carbonyl (C=O) groups excluding carboxylic acids is 2. The minimum atomic E-state index is 0.0824. The van der Waals surface area contributed by atoms with Crippen molar-refractivity contribution in [2.45, 2.75) is 13.3 Å². The van der Waals surface area contributed by atoms with E-state index in [0.717, 1.165) is 4.47 Å². The van der Waals surface area contributed by atoms with E-state index in [0.29, 0.717) is 24.5 Å². The third-order valence-corrected chi connectivity index (χ3v) is 4.23. The molecule has 1 fully saturated rings. The first-order valence-corrected chi connectivity index (χ1v) is 7.39. The van der Waals surface area contributed by atoms with Crippen LogP contribution in [0.5, 0.6) is 0 Å². The highest BCUT2D eigenvalue weighted by atomic mass is 79.9. The van der Waals surface area contributed by atoms with E-state index in [-0.39, 0.29) is 16.9 Å². The summed E-state index contributed by atoms with van der Waals surface area (Å²) in [6, 6.07) is 3.69. The lowest BCUT2D eigenvalue weighted by Crippen LogP contribution is -2.25. The smallest absolute Gasteiger partial charge is 0.228 e. The van der Waals surface area contributed by atoms with Crippen molar-refractivity contribution in [2.24, 2.45) is 5.92 Å². The summed E-state index contributed by atoms with van der Waals surface area (Å²) in [5, 5.41) is 0.0997. The number of amides is 1. The number of aromatic nitrogens is 1. The van der Waals surface area contributed by atoms with Crippen LogP contribution < -0.4 is 4.90 Å². The molecular weight excluding hydrogens is 316 g/mol. The lowest BCUT2D eigenvalue weighted by molar-refractivity contribution is -0.117. The van der Waals surface area contributed by atoms with Gasteiger partial charge in [0.25, 0.3) is 0 Å². The van der Waals surface area contributed by atoms with Crippen molar-refractivity contribution in [1.29, 1.82) is 0 Å². The summed E-state index contributed by atoms with van der Waals surface area (Å²) in [7, 11) is 0. The number of rotatable bonds is 3. The fraction of sp³-hybridized carbons (Fsp3) is 0.417. The molecule has 0 aliphatic carbocycles. The summed E-state index contributed by atoms with van der Waals surface area (Å²) in [5.74, 6) is 1.70. The number of nitrogens with zero attached hydrogens (tertiary/aromatic N) is 2. The van der Waals surface area contributed by atoms with Crippen molar-refractivity contribution >= 4 is 44.5 Å². The highest BCUT2D eigenvalue weighted by molar-refractivity contribution is 9.10. The van der Waals surface area contributed by atoms with Crippen molar-refractivity contribution in [3.8, 4) is 0 Å². The van der Waals surface area contributed by atoms with Gasteiger partial charge >= 0.3 is 0 Å². The van der Waals surface area contributed by atoms with E-state index in [4.69, 9.17) is 0 Å². The molecule has 2 rings (SSSR count). The Morgan fingerprint density at radius 3 is 3.00 bits per heavy atom. The van der Waals surface area contributed by atoms with Gasteiger partial charge in [0.05, 0.1) is 0 Å². The van der Waals surface area contributed by atoms with E-state index in [1.807, 2.05) is 12.1 Å².